The SMILES string of the molecule is COc1ccc(-n2nnnc2-c2ccc(CN)cc2)cc1OC. The Kier molecular flexibility index (Phi) is 4.20. The molecule has 23 heavy (non-hydrogen) atoms. The third-order valence-electron chi connectivity index (χ3n) is 3.53. The number of tetrazole rings is 1. The molecule has 0 unspecified atom stereocenters. The quantitative estimate of drug-likeness (QED) is 0.773. The van der Waals surface area contributed by atoms with Crippen LogP contribution in [0.1, 0.15) is 5.56 Å². The summed E-state index contributed by atoms with van der Waals surface area (Å²) in [4.78, 5) is 0. The second kappa shape index (κ2) is 6.45. The van der Waals surface area contributed by atoms with Crippen LogP contribution < -0.4 is 15.2 Å². The first-order valence-corrected chi connectivity index (χ1v) is 7.07. The Balaban J connectivity index is 2.03. The van der Waals surface area contributed by atoms with Crippen molar-refractivity contribution in [2.24, 2.45) is 5.73 Å². The summed E-state index contributed by atoms with van der Waals surface area (Å²) in [5.41, 5.74) is 8.37. The molecule has 7 heteroatoms. The summed E-state index contributed by atoms with van der Waals surface area (Å²) in [5.74, 6) is 1.91. The molecule has 1 heterocycles. The van der Waals surface area contributed by atoms with Gasteiger partial charge in [0.05, 0.1) is 19.9 Å². The van der Waals surface area contributed by atoms with Gasteiger partial charge in [-0.1, -0.05) is 24.3 Å². The molecule has 0 bridgehead atoms. The number of nitrogens with zero attached hydrogens (tertiary/aromatic N) is 4. The third kappa shape index (κ3) is 2.86. The molecule has 1 aromatic heterocycles. The van der Waals surface area contributed by atoms with Crippen molar-refractivity contribution in [2.75, 3.05) is 14.2 Å². The Hall–Kier alpha value is -2.93. The molecule has 2 aromatic carbocycles. The van der Waals surface area contributed by atoms with Crippen LogP contribution in [-0.4, -0.2) is 34.4 Å². The van der Waals surface area contributed by atoms with Gasteiger partial charge in [-0.2, -0.15) is 4.68 Å². The van der Waals surface area contributed by atoms with Gasteiger partial charge >= 0.3 is 0 Å². The lowest BCUT2D eigenvalue weighted by atomic mass is 10.1. The van der Waals surface area contributed by atoms with E-state index in [4.69, 9.17) is 15.2 Å². The molecule has 3 rings (SSSR count). The average Bonchev–Trinajstić information content (AvgIpc) is 3.10. The fraction of sp³-hybridized carbons (Fsp3) is 0.188. The lowest BCUT2D eigenvalue weighted by Gasteiger charge is -2.10. The van der Waals surface area contributed by atoms with Gasteiger partial charge in [0.25, 0.3) is 0 Å². The summed E-state index contributed by atoms with van der Waals surface area (Å²) < 4.78 is 12.2. The minimum absolute atomic E-state index is 0.501. The molecule has 0 aliphatic heterocycles. The Bertz CT molecular complexity index is 798. The number of rotatable bonds is 5. The summed E-state index contributed by atoms with van der Waals surface area (Å²) in [7, 11) is 3.19. The zero-order chi connectivity index (χ0) is 16.2. The van der Waals surface area contributed by atoms with Gasteiger partial charge < -0.3 is 15.2 Å². The fourth-order valence-corrected chi connectivity index (χ4v) is 2.29. The van der Waals surface area contributed by atoms with Crippen molar-refractivity contribution in [2.45, 2.75) is 6.54 Å². The minimum Gasteiger partial charge on any atom is -0.493 e. The second-order valence-corrected chi connectivity index (χ2v) is 4.85. The number of hydrogen-bond donors (Lipinski definition) is 1. The highest BCUT2D eigenvalue weighted by Crippen LogP contribution is 2.30. The lowest BCUT2D eigenvalue weighted by molar-refractivity contribution is 0.354. The monoisotopic (exact) mass is 311 g/mol. The van der Waals surface area contributed by atoms with E-state index in [0.717, 1.165) is 16.8 Å². The number of aromatic nitrogens is 4. The van der Waals surface area contributed by atoms with Gasteiger partial charge in [0.1, 0.15) is 0 Å². The molecule has 7 nitrogen and oxygen atoms in total. The van der Waals surface area contributed by atoms with Crippen LogP contribution in [0.4, 0.5) is 0 Å². The number of benzene rings is 2. The van der Waals surface area contributed by atoms with Gasteiger partial charge in [-0.25, -0.2) is 0 Å². The number of ether oxygens (including phenoxy) is 2. The van der Waals surface area contributed by atoms with Crippen LogP contribution in [-0.2, 0) is 6.54 Å². The van der Waals surface area contributed by atoms with Crippen molar-refractivity contribution < 1.29 is 9.47 Å². The van der Waals surface area contributed by atoms with E-state index in [2.05, 4.69) is 15.5 Å². The van der Waals surface area contributed by atoms with E-state index in [1.807, 2.05) is 42.5 Å². The van der Waals surface area contributed by atoms with Crippen LogP contribution in [0.15, 0.2) is 42.5 Å². The predicted molar refractivity (Wildman–Crippen MR) is 85.6 cm³/mol. The van der Waals surface area contributed by atoms with Crippen LogP contribution >= 0.6 is 0 Å². The zero-order valence-corrected chi connectivity index (χ0v) is 12.9. The first-order valence-electron chi connectivity index (χ1n) is 7.07. The molecule has 0 spiro atoms. The predicted octanol–water partition coefficient (Wildman–Crippen LogP) is 1.81. The van der Waals surface area contributed by atoms with Crippen molar-refractivity contribution >= 4 is 0 Å². The molecule has 0 aliphatic rings. The summed E-state index contributed by atoms with van der Waals surface area (Å²) >= 11 is 0. The van der Waals surface area contributed by atoms with Gasteiger partial charge in [-0.3, -0.25) is 0 Å². The summed E-state index contributed by atoms with van der Waals surface area (Å²) in [6.07, 6.45) is 0. The molecular weight excluding hydrogens is 294 g/mol. The fourth-order valence-electron chi connectivity index (χ4n) is 2.29. The van der Waals surface area contributed by atoms with E-state index in [1.165, 1.54) is 0 Å². The highest BCUT2D eigenvalue weighted by molar-refractivity contribution is 5.59. The van der Waals surface area contributed by atoms with Crippen LogP contribution in [0.5, 0.6) is 11.5 Å². The standard InChI is InChI=1S/C16H17N5O2/c1-22-14-8-7-13(9-15(14)23-2)21-16(18-19-20-21)12-5-3-11(10-17)4-6-12/h3-9H,10,17H2,1-2H3. The highest BCUT2D eigenvalue weighted by Gasteiger charge is 2.13. The van der Waals surface area contributed by atoms with Crippen molar-refractivity contribution in [1.82, 2.24) is 20.2 Å². The maximum atomic E-state index is 5.63. The largest absolute Gasteiger partial charge is 0.493 e. The van der Waals surface area contributed by atoms with Gasteiger partial charge in [0, 0.05) is 18.2 Å². The topological polar surface area (TPSA) is 88.1 Å². The lowest BCUT2D eigenvalue weighted by Crippen LogP contribution is -2.01. The molecule has 0 fully saturated rings. The van der Waals surface area contributed by atoms with Gasteiger partial charge in [0.15, 0.2) is 17.3 Å². The van der Waals surface area contributed by atoms with E-state index in [0.29, 0.717) is 23.9 Å². The first kappa shape index (κ1) is 15.0. The number of methoxy groups -OCH3 is 2. The molecule has 0 aliphatic carbocycles. The molecule has 2 N–H and O–H groups in total. The van der Waals surface area contributed by atoms with Gasteiger partial charge in [0.2, 0.25) is 0 Å². The van der Waals surface area contributed by atoms with Crippen molar-refractivity contribution in [3.05, 3.63) is 48.0 Å². The van der Waals surface area contributed by atoms with E-state index in [-0.39, 0.29) is 0 Å². The van der Waals surface area contributed by atoms with Crippen LogP contribution in [0, 0.1) is 0 Å². The Labute approximate surface area is 133 Å². The van der Waals surface area contributed by atoms with E-state index in [1.54, 1.807) is 18.9 Å². The summed E-state index contributed by atoms with van der Waals surface area (Å²) in [5, 5.41) is 12.0. The van der Waals surface area contributed by atoms with Crippen LogP contribution in [0.2, 0.25) is 0 Å². The van der Waals surface area contributed by atoms with E-state index >= 15 is 0 Å². The molecular formula is C16H17N5O2. The smallest absolute Gasteiger partial charge is 0.187 e. The normalized spacial score (nSPS) is 10.6. The van der Waals surface area contributed by atoms with Crippen LogP contribution in [0.3, 0.4) is 0 Å². The van der Waals surface area contributed by atoms with Crippen molar-refractivity contribution in [3.8, 4) is 28.6 Å². The highest BCUT2D eigenvalue weighted by atomic mass is 16.5. The molecule has 0 amide bonds. The van der Waals surface area contributed by atoms with Crippen LogP contribution in [0.25, 0.3) is 17.1 Å². The van der Waals surface area contributed by atoms with E-state index < -0.39 is 0 Å². The molecule has 0 atom stereocenters. The Morgan fingerprint density at radius 2 is 1.74 bits per heavy atom. The second-order valence-electron chi connectivity index (χ2n) is 4.85. The van der Waals surface area contributed by atoms with E-state index in [9.17, 15) is 0 Å². The zero-order valence-electron chi connectivity index (χ0n) is 12.9. The van der Waals surface area contributed by atoms with Crippen molar-refractivity contribution in [1.29, 1.82) is 0 Å². The third-order valence-corrected chi connectivity index (χ3v) is 3.53. The Morgan fingerprint density at radius 1 is 1.00 bits per heavy atom. The first-order chi connectivity index (χ1) is 11.3. The molecule has 0 saturated carbocycles. The van der Waals surface area contributed by atoms with Crippen molar-refractivity contribution in [3.63, 3.8) is 0 Å². The molecule has 0 radical (unpaired) electrons. The summed E-state index contributed by atoms with van der Waals surface area (Å²) in [6, 6.07) is 13.3. The maximum absolute atomic E-state index is 5.63. The maximum Gasteiger partial charge on any atom is 0.187 e. The van der Waals surface area contributed by atoms with Gasteiger partial charge in [-0.05, 0) is 28.1 Å². The summed E-state index contributed by atoms with van der Waals surface area (Å²) in [6.45, 7) is 0.501. The number of nitrogens with two attached hydrogens (primary N) is 1. The van der Waals surface area contributed by atoms with Gasteiger partial charge in [-0.15, -0.1) is 5.10 Å². The average molecular weight is 311 g/mol. The Morgan fingerprint density at radius 3 is 2.39 bits per heavy atom. The number of hydrogen-bond acceptors (Lipinski definition) is 6. The molecule has 0 saturated heterocycles. The minimum atomic E-state index is 0.501. The molecule has 3 aromatic rings. The molecule has 118 valence electrons.